The van der Waals surface area contributed by atoms with Gasteiger partial charge in [-0.25, -0.2) is 9.82 Å². The number of ether oxygens (including phenoxy) is 1. The molecule has 0 spiro atoms. The molecule has 0 aliphatic heterocycles. The van der Waals surface area contributed by atoms with Crippen molar-refractivity contribution in [1.82, 2.24) is 5.43 Å². The van der Waals surface area contributed by atoms with Gasteiger partial charge in [0.15, 0.2) is 6.61 Å². The fourth-order valence-corrected chi connectivity index (χ4v) is 2.60. The van der Waals surface area contributed by atoms with Gasteiger partial charge in [-0.2, -0.15) is 5.10 Å². The van der Waals surface area contributed by atoms with Crippen molar-refractivity contribution in [1.29, 1.82) is 0 Å². The predicted molar refractivity (Wildman–Crippen MR) is 79.7 cm³/mol. The second-order valence-electron chi connectivity index (χ2n) is 3.68. The standard InChI is InChI=1S/C13H10BrFN2O2S/c14-12-5-4-11(20-12)7-16-17-13(18)8-19-10-3-1-2-9(15)6-10/h1-7H,8H2,(H,17,18)/b16-7-. The van der Waals surface area contributed by atoms with E-state index in [1.54, 1.807) is 6.07 Å². The number of halogens is 2. The van der Waals surface area contributed by atoms with Crippen LogP contribution in [0.15, 0.2) is 45.3 Å². The number of benzene rings is 1. The quantitative estimate of drug-likeness (QED) is 0.660. The number of hydrazone groups is 1. The van der Waals surface area contributed by atoms with Crippen LogP contribution >= 0.6 is 27.3 Å². The highest BCUT2D eigenvalue weighted by Crippen LogP contribution is 2.20. The van der Waals surface area contributed by atoms with E-state index in [4.69, 9.17) is 4.74 Å². The average molecular weight is 357 g/mol. The van der Waals surface area contributed by atoms with Crippen LogP contribution in [0.2, 0.25) is 0 Å². The minimum Gasteiger partial charge on any atom is -0.484 e. The molecule has 2 aromatic rings. The average Bonchev–Trinajstić information content (AvgIpc) is 2.82. The van der Waals surface area contributed by atoms with Gasteiger partial charge >= 0.3 is 0 Å². The lowest BCUT2D eigenvalue weighted by atomic mass is 10.3. The topological polar surface area (TPSA) is 50.7 Å². The lowest BCUT2D eigenvalue weighted by molar-refractivity contribution is -0.123. The fraction of sp³-hybridized carbons (Fsp3) is 0.0769. The molecule has 0 fully saturated rings. The molecule has 0 saturated carbocycles. The van der Waals surface area contributed by atoms with Crippen LogP contribution in [0.1, 0.15) is 4.88 Å². The zero-order valence-electron chi connectivity index (χ0n) is 10.2. The summed E-state index contributed by atoms with van der Waals surface area (Å²) in [5, 5.41) is 3.80. The second-order valence-corrected chi connectivity index (χ2v) is 6.18. The molecule has 0 radical (unpaired) electrons. The fourth-order valence-electron chi connectivity index (χ4n) is 1.30. The SMILES string of the molecule is O=C(COc1cccc(F)c1)N/N=C\c1ccc(Br)s1. The molecule has 0 saturated heterocycles. The number of hydrogen-bond donors (Lipinski definition) is 1. The van der Waals surface area contributed by atoms with E-state index in [2.05, 4.69) is 26.5 Å². The Labute approximate surface area is 127 Å². The molecular formula is C13H10BrFN2O2S. The Morgan fingerprint density at radius 2 is 2.30 bits per heavy atom. The maximum Gasteiger partial charge on any atom is 0.277 e. The minimum absolute atomic E-state index is 0.227. The van der Waals surface area contributed by atoms with Crippen molar-refractivity contribution >= 4 is 39.4 Å². The van der Waals surface area contributed by atoms with E-state index in [0.29, 0.717) is 5.75 Å². The van der Waals surface area contributed by atoms with Crippen LogP contribution in [0.5, 0.6) is 5.75 Å². The third-order valence-electron chi connectivity index (χ3n) is 2.14. The first kappa shape index (κ1) is 14.7. The summed E-state index contributed by atoms with van der Waals surface area (Å²) in [6, 6.07) is 9.35. The van der Waals surface area contributed by atoms with Gasteiger partial charge in [-0.1, -0.05) is 6.07 Å². The molecule has 1 heterocycles. The molecule has 0 atom stereocenters. The number of carbonyl (C=O) groups excluding carboxylic acids is 1. The molecule has 0 unspecified atom stereocenters. The van der Waals surface area contributed by atoms with Gasteiger partial charge < -0.3 is 4.74 Å². The Kier molecular flexibility index (Phi) is 5.25. The summed E-state index contributed by atoms with van der Waals surface area (Å²) >= 11 is 4.82. The highest BCUT2D eigenvalue weighted by molar-refractivity contribution is 9.11. The lowest BCUT2D eigenvalue weighted by Gasteiger charge is -2.04. The van der Waals surface area contributed by atoms with Gasteiger partial charge in [-0.05, 0) is 40.2 Å². The molecule has 104 valence electrons. The predicted octanol–water partition coefficient (Wildman–Crippen LogP) is 3.18. The number of thiophene rings is 1. The van der Waals surface area contributed by atoms with E-state index in [1.165, 1.54) is 35.8 Å². The van der Waals surface area contributed by atoms with Gasteiger partial charge in [0.1, 0.15) is 11.6 Å². The first-order valence-corrected chi connectivity index (χ1v) is 7.20. The Bertz CT molecular complexity index is 630. The molecule has 2 rings (SSSR count). The Morgan fingerprint density at radius 3 is 3.00 bits per heavy atom. The minimum atomic E-state index is -0.416. The number of carbonyl (C=O) groups is 1. The Balaban J connectivity index is 1.77. The smallest absolute Gasteiger partial charge is 0.277 e. The largest absolute Gasteiger partial charge is 0.484 e. The maximum absolute atomic E-state index is 12.9. The normalized spacial score (nSPS) is 10.7. The first-order valence-electron chi connectivity index (χ1n) is 5.59. The zero-order chi connectivity index (χ0) is 14.4. The van der Waals surface area contributed by atoms with Crippen molar-refractivity contribution in [2.75, 3.05) is 6.61 Å². The molecule has 1 amide bonds. The molecule has 4 nitrogen and oxygen atoms in total. The van der Waals surface area contributed by atoms with E-state index in [1.807, 2.05) is 12.1 Å². The molecule has 0 aliphatic carbocycles. The molecular weight excluding hydrogens is 347 g/mol. The lowest BCUT2D eigenvalue weighted by Crippen LogP contribution is -2.24. The Hall–Kier alpha value is -1.73. The van der Waals surface area contributed by atoms with E-state index >= 15 is 0 Å². The number of amides is 1. The van der Waals surface area contributed by atoms with Crippen molar-refractivity contribution in [3.8, 4) is 5.75 Å². The summed E-state index contributed by atoms with van der Waals surface area (Å²) < 4.78 is 19.0. The van der Waals surface area contributed by atoms with Crippen LogP contribution < -0.4 is 10.2 Å². The number of nitrogens with zero attached hydrogens (tertiary/aromatic N) is 1. The van der Waals surface area contributed by atoms with Crippen LogP contribution in [0.25, 0.3) is 0 Å². The van der Waals surface area contributed by atoms with E-state index in [0.717, 1.165) is 8.66 Å². The summed E-state index contributed by atoms with van der Waals surface area (Å²) in [6.07, 6.45) is 1.54. The van der Waals surface area contributed by atoms with Gasteiger partial charge in [0.05, 0.1) is 10.0 Å². The van der Waals surface area contributed by atoms with Gasteiger partial charge in [-0.3, -0.25) is 4.79 Å². The molecule has 0 aliphatic rings. The monoisotopic (exact) mass is 356 g/mol. The number of hydrogen-bond acceptors (Lipinski definition) is 4. The van der Waals surface area contributed by atoms with Crippen LogP contribution in [-0.4, -0.2) is 18.7 Å². The summed E-state index contributed by atoms with van der Waals surface area (Å²) in [7, 11) is 0. The molecule has 7 heteroatoms. The third kappa shape index (κ3) is 4.75. The third-order valence-corrected chi connectivity index (χ3v) is 3.70. The zero-order valence-corrected chi connectivity index (χ0v) is 12.6. The van der Waals surface area contributed by atoms with Crippen molar-refractivity contribution in [3.05, 3.63) is 50.9 Å². The van der Waals surface area contributed by atoms with Crippen LogP contribution in [0.4, 0.5) is 4.39 Å². The molecule has 1 aromatic carbocycles. The molecule has 1 aromatic heterocycles. The van der Waals surface area contributed by atoms with E-state index < -0.39 is 11.7 Å². The summed E-state index contributed by atoms with van der Waals surface area (Å²) in [5.41, 5.74) is 2.33. The van der Waals surface area contributed by atoms with Crippen LogP contribution in [-0.2, 0) is 4.79 Å². The van der Waals surface area contributed by atoms with Gasteiger partial charge in [0, 0.05) is 10.9 Å². The highest BCUT2D eigenvalue weighted by Gasteiger charge is 2.02. The van der Waals surface area contributed by atoms with Gasteiger partial charge in [0.2, 0.25) is 0 Å². The van der Waals surface area contributed by atoms with Gasteiger partial charge in [0.25, 0.3) is 5.91 Å². The van der Waals surface area contributed by atoms with Crippen molar-refractivity contribution in [2.45, 2.75) is 0 Å². The second kappa shape index (κ2) is 7.16. The van der Waals surface area contributed by atoms with Crippen molar-refractivity contribution < 1.29 is 13.9 Å². The van der Waals surface area contributed by atoms with E-state index in [9.17, 15) is 9.18 Å². The highest BCUT2D eigenvalue weighted by atomic mass is 79.9. The van der Waals surface area contributed by atoms with Crippen molar-refractivity contribution in [3.63, 3.8) is 0 Å². The summed E-state index contributed by atoms with van der Waals surface area (Å²) in [5.74, 6) is -0.531. The summed E-state index contributed by atoms with van der Waals surface area (Å²) in [6.45, 7) is -0.227. The van der Waals surface area contributed by atoms with Crippen molar-refractivity contribution in [2.24, 2.45) is 5.10 Å². The van der Waals surface area contributed by atoms with E-state index in [-0.39, 0.29) is 6.61 Å². The molecule has 0 bridgehead atoms. The summed E-state index contributed by atoms with van der Waals surface area (Å²) in [4.78, 5) is 12.4. The van der Waals surface area contributed by atoms with Crippen LogP contribution in [0, 0.1) is 5.82 Å². The maximum atomic E-state index is 12.9. The number of rotatable bonds is 5. The molecule has 20 heavy (non-hydrogen) atoms. The number of nitrogens with one attached hydrogen (secondary N) is 1. The van der Waals surface area contributed by atoms with Crippen LogP contribution in [0.3, 0.4) is 0 Å². The first-order chi connectivity index (χ1) is 9.63. The Morgan fingerprint density at radius 1 is 1.45 bits per heavy atom. The molecule has 1 N–H and O–H groups in total. The van der Waals surface area contributed by atoms with Gasteiger partial charge in [-0.15, -0.1) is 11.3 Å².